The maximum atomic E-state index is 11.8. The lowest BCUT2D eigenvalue weighted by Gasteiger charge is -2.27. The van der Waals surface area contributed by atoms with Gasteiger partial charge in [0.05, 0.1) is 0 Å². The minimum Gasteiger partial charge on any atom is -0.272 e. The van der Waals surface area contributed by atoms with Gasteiger partial charge in [-0.1, -0.05) is 12.8 Å². The third kappa shape index (κ3) is 1.71. The van der Waals surface area contributed by atoms with Crippen LogP contribution in [0.1, 0.15) is 39.5 Å². The van der Waals surface area contributed by atoms with Crippen LogP contribution < -0.4 is 0 Å². The molecule has 0 saturated heterocycles. The smallest absolute Gasteiger partial charge is 0.256 e. The highest BCUT2D eigenvalue weighted by Gasteiger charge is 2.36. The molecule has 1 fully saturated rings. The summed E-state index contributed by atoms with van der Waals surface area (Å²) in [4.78, 5) is 24.8. The molecule has 1 saturated carbocycles. The Morgan fingerprint density at radius 2 is 1.93 bits per heavy atom. The molecule has 0 aromatic heterocycles. The summed E-state index contributed by atoms with van der Waals surface area (Å²) in [6, 6.07) is 0.0706. The monoisotopic (exact) mass is 207 g/mol. The second-order valence-electron chi connectivity index (χ2n) is 4.63. The molecule has 2 aliphatic rings. The average molecular weight is 207 g/mol. The predicted molar refractivity (Wildman–Crippen MR) is 57.0 cm³/mol. The molecule has 1 unspecified atom stereocenters. The molecule has 2 rings (SSSR count). The fourth-order valence-corrected chi connectivity index (χ4v) is 2.64. The zero-order chi connectivity index (χ0) is 11.0. The largest absolute Gasteiger partial charge is 0.272 e. The topological polar surface area (TPSA) is 37.4 Å². The normalized spacial score (nSPS) is 24.9. The van der Waals surface area contributed by atoms with Gasteiger partial charge >= 0.3 is 0 Å². The minimum atomic E-state index is -0.128. The van der Waals surface area contributed by atoms with Crippen LogP contribution in [0.25, 0.3) is 0 Å². The Balaban J connectivity index is 2.11. The lowest BCUT2D eigenvalue weighted by Crippen LogP contribution is -2.42. The minimum absolute atomic E-state index is 0.0706. The third-order valence-corrected chi connectivity index (χ3v) is 3.62. The molecule has 1 heterocycles. The van der Waals surface area contributed by atoms with Crippen LogP contribution in [-0.2, 0) is 9.59 Å². The van der Waals surface area contributed by atoms with Crippen LogP contribution in [-0.4, -0.2) is 22.8 Å². The Hall–Kier alpha value is -1.12. The van der Waals surface area contributed by atoms with Crippen LogP contribution in [0.2, 0.25) is 0 Å². The van der Waals surface area contributed by atoms with Crippen molar-refractivity contribution in [2.24, 2.45) is 5.92 Å². The van der Waals surface area contributed by atoms with E-state index in [9.17, 15) is 9.59 Å². The van der Waals surface area contributed by atoms with Crippen molar-refractivity contribution in [1.29, 1.82) is 0 Å². The average Bonchev–Trinajstić information content (AvgIpc) is 2.76. The molecule has 0 N–H and O–H groups in total. The fourth-order valence-electron chi connectivity index (χ4n) is 2.64. The van der Waals surface area contributed by atoms with Gasteiger partial charge in [0, 0.05) is 17.7 Å². The third-order valence-electron chi connectivity index (χ3n) is 3.62. The highest BCUT2D eigenvalue weighted by Crippen LogP contribution is 2.32. The number of imide groups is 1. The van der Waals surface area contributed by atoms with Gasteiger partial charge in [0.25, 0.3) is 11.8 Å². The standard InChI is InChI=1S/C12H17NO2/c1-8-7-11(14)13(12(8)15)9(2)10-5-3-4-6-10/h7,9-10H,3-6H2,1-2H3. The zero-order valence-corrected chi connectivity index (χ0v) is 9.32. The van der Waals surface area contributed by atoms with Gasteiger partial charge in [0.2, 0.25) is 0 Å². The molecule has 1 atom stereocenters. The van der Waals surface area contributed by atoms with E-state index in [1.165, 1.54) is 23.8 Å². The molecule has 1 aliphatic heterocycles. The summed E-state index contributed by atoms with van der Waals surface area (Å²) in [5.41, 5.74) is 0.574. The molecular formula is C12H17NO2. The lowest BCUT2D eigenvalue weighted by molar-refractivity contribution is -0.140. The molecule has 3 nitrogen and oxygen atoms in total. The van der Waals surface area contributed by atoms with Gasteiger partial charge in [0.15, 0.2) is 0 Å². The molecule has 15 heavy (non-hydrogen) atoms. The van der Waals surface area contributed by atoms with Gasteiger partial charge in [-0.25, -0.2) is 0 Å². The van der Waals surface area contributed by atoms with Crippen LogP contribution in [0.15, 0.2) is 11.6 Å². The van der Waals surface area contributed by atoms with E-state index in [4.69, 9.17) is 0 Å². The summed E-state index contributed by atoms with van der Waals surface area (Å²) in [7, 11) is 0. The molecule has 0 spiro atoms. The first-order valence-electron chi connectivity index (χ1n) is 5.67. The number of nitrogens with zero attached hydrogens (tertiary/aromatic N) is 1. The number of rotatable bonds is 2. The van der Waals surface area contributed by atoms with E-state index in [0.717, 1.165) is 12.8 Å². The van der Waals surface area contributed by atoms with Crippen molar-refractivity contribution in [3.05, 3.63) is 11.6 Å². The van der Waals surface area contributed by atoms with E-state index in [1.807, 2.05) is 6.92 Å². The maximum absolute atomic E-state index is 11.8. The van der Waals surface area contributed by atoms with Crippen LogP contribution in [0.3, 0.4) is 0 Å². The highest BCUT2D eigenvalue weighted by atomic mass is 16.2. The molecule has 2 amide bonds. The van der Waals surface area contributed by atoms with E-state index < -0.39 is 0 Å². The van der Waals surface area contributed by atoms with Crippen molar-refractivity contribution in [2.75, 3.05) is 0 Å². The summed E-state index contributed by atoms with van der Waals surface area (Å²) in [6.07, 6.45) is 6.22. The Kier molecular flexibility index (Phi) is 2.63. The second-order valence-corrected chi connectivity index (χ2v) is 4.63. The van der Waals surface area contributed by atoms with E-state index in [2.05, 4.69) is 0 Å². The van der Waals surface area contributed by atoms with E-state index in [-0.39, 0.29) is 17.9 Å². The summed E-state index contributed by atoms with van der Waals surface area (Å²) in [5.74, 6) is 0.286. The molecular weight excluding hydrogens is 190 g/mol. The zero-order valence-electron chi connectivity index (χ0n) is 9.32. The first-order chi connectivity index (χ1) is 7.11. The SMILES string of the molecule is CC1=CC(=O)N(C(C)C2CCCC2)C1=O. The van der Waals surface area contributed by atoms with Crippen LogP contribution in [0.5, 0.6) is 0 Å². The van der Waals surface area contributed by atoms with Crippen LogP contribution in [0.4, 0.5) is 0 Å². The number of carbonyl (C=O) groups is 2. The van der Waals surface area contributed by atoms with Gasteiger partial charge < -0.3 is 0 Å². The van der Waals surface area contributed by atoms with E-state index >= 15 is 0 Å². The van der Waals surface area contributed by atoms with Gasteiger partial charge in [-0.05, 0) is 32.6 Å². The van der Waals surface area contributed by atoms with Gasteiger partial charge in [-0.2, -0.15) is 0 Å². The first-order valence-corrected chi connectivity index (χ1v) is 5.67. The number of hydrogen-bond donors (Lipinski definition) is 0. The van der Waals surface area contributed by atoms with Crippen molar-refractivity contribution < 1.29 is 9.59 Å². The van der Waals surface area contributed by atoms with Crippen molar-refractivity contribution in [2.45, 2.75) is 45.6 Å². The Bertz CT molecular complexity index is 327. The summed E-state index contributed by atoms with van der Waals surface area (Å²) in [6.45, 7) is 3.71. The molecule has 0 bridgehead atoms. The van der Waals surface area contributed by atoms with Crippen molar-refractivity contribution >= 4 is 11.8 Å². The Labute approximate surface area is 90.1 Å². The molecule has 3 heteroatoms. The molecule has 0 aromatic carbocycles. The molecule has 82 valence electrons. The second kappa shape index (κ2) is 3.80. The number of hydrogen-bond acceptors (Lipinski definition) is 2. The molecule has 0 aromatic rings. The quantitative estimate of drug-likeness (QED) is 0.648. The summed E-state index contributed by atoms with van der Waals surface area (Å²) in [5, 5.41) is 0. The first kappa shape index (κ1) is 10.4. The van der Waals surface area contributed by atoms with E-state index in [1.54, 1.807) is 6.92 Å². The Morgan fingerprint density at radius 1 is 1.33 bits per heavy atom. The number of amides is 2. The van der Waals surface area contributed by atoms with Gasteiger partial charge in [-0.3, -0.25) is 14.5 Å². The number of carbonyl (C=O) groups excluding carboxylic acids is 2. The summed E-state index contributed by atoms with van der Waals surface area (Å²) >= 11 is 0. The Morgan fingerprint density at radius 3 is 2.40 bits per heavy atom. The van der Waals surface area contributed by atoms with Gasteiger partial charge in [0.1, 0.15) is 0 Å². The van der Waals surface area contributed by atoms with E-state index in [0.29, 0.717) is 11.5 Å². The van der Waals surface area contributed by atoms with Crippen molar-refractivity contribution in [1.82, 2.24) is 4.90 Å². The van der Waals surface area contributed by atoms with Crippen molar-refractivity contribution in [3.63, 3.8) is 0 Å². The van der Waals surface area contributed by atoms with Gasteiger partial charge in [-0.15, -0.1) is 0 Å². The predicted octanol–water partition coefficient (Wildman–Crippen LogP) is 1.88. The van der Waals surface area contributed by atoms with Crippen LogP contribution in [0, 0.1) is 5.92 Å². The summed E-state index contributed by atoms with van der Waals surface area (Å²) < 4.78 is 0. The fraction of sp³-hybridized carbons (Fsp3) is 0.667. The van der Waals surface area contributed by atoms with Crippen LogP contribution >= 0.6 is 0 Å². The maximum Gasteiger partial charge on any atom is 0.256 e. The molecule has 0 radical (unpaired) electrons. The molecule has 1 aliphatic carbocycles. The highest BCUT2D eigenvalue weighted by molar-refractivity contribution is 6.16. The lowest BCUT2D eigenvalue weighted by atomic mass is 9.98. The van der Waals surface area contributed by atoms with Crippen molar-refractivity contribution in [3.8, 4) is 0 Å².